The number of amides is 3. The molecule has 0 aliphatic heterocycles. The van der Waals surface area contributed by atoms with Crippen LogP contribution in [0.5, 0.6) is 17.2 Å². The van der Waals surface area contributed by atoms with Crippen LogP contribution in [0.4, 0.5) is 15.4 Å². The van der Waals surface area contributed by atoms with Crippen molar-refractivity contribution in [3.8, 4) is 17.2 Å². The predicted molar refractivity (Wildman–Crippen MR) is 292 cm³/mol. The second-order valence-electron chi connectivity index (χ2n) is 16.4. The number of aromatic nitrogens is 3. The van der Waals surface area contributed by atoms with E-state index in [9.17, 15) is 38.1 Å². The molecule has 15 nitrogen and oxygen atoms in total. The molecule has 3 heterocycles. The molecular formula is C49H41Cl4N7O8S4. The van der Waals surface area contributed by atoms with Gasteiger partial charge in [0, 0.05) is 33.4 Å². The van der Waals surface area contributed by atoms with Gasteiger partial charge in [0.05, 0.1) is 57.3 Å². The largest absolute Gasteiger partial charge is 0.507 e. The summed E-state index contributed by atoms with van der Waals surface area (Å²) in [7, 11) is 0.434. The molecule has 23 heteroatoms. The lowest BCUT2D eigenvalue weighted by atomic mass is 10.1. The topological polar surface area (TPSA) is 224 Å². The molecule has 0 atom stereocenters. The maximum Gasteiger partial charge on any atom is 0.261 e. The quantitative estimate of drug-likeness (QED) is 0.0794. The van der Waals surface area contributed by atoms with Crippen LogP contribution in [0.15, 0.2) is 95.9 Å². The molecule has 6 N–H and O–H groups in total. The average Bonchev–Trinajstić information content (AvgIpc) is 4.02. The van der Waals surface area contributed by atoms with E-state index in [2.05, 4.69) is 30.9 Å². The number of benzene rings is 6. The van der Waals surface area contributed by atoms with Gasteiger partial charge in [-0.1, -0.05) is 92.5 Å². The first kappa shape index (κ1) is 53.7. The minimum absolute atomic E-state index is 0.00735. The number of thiazole rings is 3. The van der Waals surface area contributed by atoms with Crippen molar-refractivity contribution in [2.45, 2.75) is 32.2 Å². The smallest absolute Gasteiger partial charge is 0.261 e. The van der Waals surface area contributed by atoms with E-state index in [1.165, 1.54) is 59.1 Å². The van der Waals surface area contributed by atoms with Crippen molar-refractivity contribution >= 4 is 154 Å². The second-order valence-corrected chi connectivity index (χ2v) is 23.2. The third kappa shape index (κ3) is 13.1. The molecule has 0 bridgehead atoms. The summed E-state index contributed by atoms with van der Waals surface area (Å²) in [6.45, 7) is 6.12. The Hall–Kier alpha value is -6.13. The number of nitrogens with one attached hydrogen (secondary N) is 3. The zero-order valence-corrected chi connectivity index (χ0v) is 45.0. The van der Waals surface area contributed by atoms with Crippen molar-refractivity contribution in [2.24, 2.45) is 0 Å². The fraction of sp³-hybridized carbons (Fsp3) is 0.143. The fourth-order valence-corrected chi connectivity index (χ4v) is 11.3. The van der Waals surface area contributed by atoms with Gasteiger partial charge in [-0.15, -0.1) is 0 Å². The monoisotopic (exact) mass is 1120 g/mol. The van der Waals surface area contributed by atoms with Crippen LogP contribution < -0.4 is 16.0 Å². The van der Waals surface area contributed by atoms with Gasteiger partial charge in [0.1, 0.15) is 17.2 Å². The minimum atomic E-state index is -3.32. The van der Waals surface area contributed by atoms with Gasteiger partial charge >= 0.3 is 0 Å². The fourth-order valence-electron chi connectivity index (χ4n) is 6.79. The normalized spacial score (nSPS) is 11.3. The Morgan fingerprint density at radius 3 is 1.42 bits per heavy atom. The SMILES string of the molecule is Cc1cc(Cl)cc(C(=O)Nc2nc3ccc(S(C)(=O)=O)cc3s2)c1O.Cc1ccc2nc(NC(=O)c3cc(Cl)cc(CN(C)C)c3O)sc2c1.Cc1ccc2nc(NC(=O)c3cc(Cl)cc(Cl)c3O)sc2c1. The molecule has 0 radical (unpaired) electrons. The zero-order valence-electron chi connectivity index (χ0n) is 38.7. The standard InChI is InChI=1S/C18H18ClN3O2S.C16H13ClN2O4S2.C15H10Cl2N2O2S/c1-10-4-5-14-15(6-10)25-18(20-14)21-17(24)13-8-12(19)7-11(16(13)23)9-22(2)3;1-8-5-9(17)6-11(14(8)20)15(21)19-16-18-12-4-3-10(25(2,22)23)7-13(12)24-16;1-7-2-3-11-12(4-7)22-15(18-11)19-14(21)9-5-8(16)6-10(17)13(9)20/h4-8,23H,9H2,1-3H3,(H,20,21,24);3-7,20H,1-2H3,(H,18,19,21);2-6,20H,1H3,(H,18,19,21). The number of carbonyl (C=O) groups excluding carboxylic acids is 3. The maximum atomic E-state index is 12.6. The molecule has 0 spiro atoms. The Labute approximate surface area is 444 Å². The van der Waals surface area contributed by atoms with Crippen LogP contribution in [0.3, 0.4) is 0 Å². The van der Waals surface area contributed by atoms with Gasteiger partial charge in [-0.2, -0.15) is 0 Å². The molecule has 6 aromatic carbocycles. The van der Waals surface area contributed by atoms with Crippen molar-refractivity contribution in [1.82, 2.24) is 19.9 Å². The van der Waals surface area contributed by atoms with Crippen molar-refractivity contribution in [3.05, 3.63) is 150 Å². The minimum Gasteiger partial charge on any atom is -0.507 e. The molecule has 72 heavy (non-hydrogen) atoms. The zero-order chi connectivity index (χ0) is 52.3. The van der Waals surface area contributed by atoms with E-state index in [0.717, 1.165) is 49.2 Å². The lowest BCUT2D eigenvalue weighted by molar-refractivity contribution is 0.101. The molecule has 0 fully saturated rings. The van der Waals surface area contributed by atoms with Crippen molar-refractivity contribution in [1.29, 1.82) is 0 Å². The highest BCUT2D eigenvalue weighted by atomic mass is 35.5. The lowest BCUT2D eigenvalue weighted by Gasteiger charge is -2.14. The number of fused-ring (bicyclic) bond motifs is 3. The molecule has 0 saturated heterocycles. The van der Waals surface area contributed by atoms with Crippen LogP contribution in [0.1, 0.15) is 53.3 Å². The van der Waals surface area contributed by atoms with Crippen LogP contribution in [0.2, 0.25) is 20.1 Å². The second kappa shape index (κ2) is 22.3. The summed E-state index contributed by atoms with van der Waals surface area (Å²) in [5.41, 5.74) is 5.73. The van der Waals surface area contributed by atoms with E-state index in [1.54, 1.807) is 25.1 Å². The molecule has 0 aliphatic carbocycles. The van der Waals surface area contributed by atoms with Gasteiger partial charge in [0.2, 0.25) is 0 Å². The van der Waals surface area contributed by atoms with Crippen LogP contribution in [-0.2, 0) is 16.4 Å². The van der Waals surface area contributed by atoms with Gasteiger partial charge in [-0.3, -0.25) is 30.3 Å². The number of rotatable bonds is 9. The molecule has 3 amide bonds. The molecule has 0 aliphatic rings. The van der Waals surface area contributed by atoms with Crippen molar-refractivity contribution in [2.75, 3.05) is 36.3 Å². The number of anilines is 3. The number of phenolic OH excluding ortho intramolecular Hbond substituents is 3. The van der Waals surface area contributed by atoms with E-state index in [-0.39, 0.29) is 48.9 Å². The van der Waals surface area contributed by atoms with Crippen molar-refractivity contribution < 1.29 is 38.1 Å². The van der Waals surface area contributed by atoms with E-state index in [0.29, 0.717) is 53.3 Å². The van der Waals surface area contributed by atoms with Gasteiger partial charge in [0.15, 0.2) is 25.2 Å². The molecule has 9 rings (SSSR count). The number of sulfone groups is 1. The summed E-state index contributed by atoms with van der Waals surface area (Å²) < 4.78 is 25.8. The summed E-state index contributed by atoms with van der Waals surface area (Å²) in [5.74, 6) is -2.02. The van der Waals surface area contributed by atoms with Gasteiger partial charge in [-0.05, 0) is 130 Å². The highest BCUT2D eigenvalue weighted by Crippen LogP contribution is 2.35. The molecular weight excluding hydrogens is 1080 g/mol. The molecule has 0 saturated carbocycles. The van der Waals surface area contributed by atoms with E-state index in [1.807, 2.05) is 69.2 Å². The lowest BCUT2D eigenvalue weighted by Crippen LogP contribution is -2.15. The van der Waals surface area contributed by atoms with Crippen LogP contribution in [-0.4, -0.2) is 81.7 Å². The third-order valence-electron chi connectivity index (χ3n) is 10.2. The van der Waals surface area contributed by atoms with Crippen LogP contribution in [0, 0.1) is 20.8 Å². The average molecular weight is 1130 g/mol. The number of hydrogen-bond acceptors (Lipinski definition) is 15. The van der Waals surface area contributed by atoms with E-state index >= 15 is 0 Å². The Morgan fingerprint density at radius 1 is 0.556 bits per heavy atom. The number of carbonyl (C=O) groups is 3. The first-order chi connectivity index (χ1) is 33.9. The first-order valence-electron chi connectivity index (χ1n) is 21.0. The van der Waals surface area contributed by atoms with E-state index in [4.69, 9.17) is 46.4 Å². The number of halogens is 4. The Morgan fingerprint density at radius 2 is 0.958 bits per heavy atom. The summed E-state index contributed by atoms with van der Waals surface area (Å²) in [4.78, 5) is 52.3. The highest BCUT2D eigenvalue weighted by Gasteiger charge is 2.21. The molecule has 372 valence electrons. The summed E-state index contributed by atoms with van der Waals surface area (Å²) in [6.07, 6.45) is 1.13. The van der Waals surface area contributed by atoms with Gasteiger partial charge < -0.3 is 20.2 Å². The molecule has 0 unspecified atom stereocenters. The number of aryl methyl sites for hydroxylation is 3. The molecule has 3 aromatic heterocycles. The Kier molecular flexibility index (Phi) is 16.6. The summed E-state index contributed by atoms with van der Waals surface area (Å²) in [5, 5.41) is 40.6. The first-order valence-corrected chi connectivity index (χ1v) is 26.9. The number of hydrogen-bond donors (Lipinski definition) is 6. The summed E-state index contributed by atoms with van der Waals surface area (Å²) in [6, 6.07) is 25.1. The van der Waals surface area contributed by atoms with Gasteiger partial charge in [-0.25, -0.2) is 23.4 Å². The number of aromatic hydroxyl groups is 3. The van der Waals surface area contributed by atoms with Crippen LogP contribution >= 0.6 is 80.4 Å². The predicted octanol–water partition coefficient (Wildman–Crippen LogP) is 12.8. The van der Waals surface area contributed by atoms with Crippen LogP contribution in [0.25, 0.3) is 30.6 Å². The third-order valence-corrected chi connectivity index (χ3v) is 15.1. The number of phenols is 3. The highest BCUT2D eigenvalue weighted by molar-refractivity contribution is 7.90. The Bertz CT molecular complexity index is 3710. The summed E-state index contributed by atoms with van der Waals surface area (Å²) >= 11 is 27.6. The van der Waals surface area contributed by atoms with Gasteiger partial charge in [0.25, 0.3) is 17.7 Å². The molecule has 9 aromatic rings. The maximum absolute atomic E-state index is 12.6. The Balaban J connectivity index is 0.000000159. The van der Waals surface area contributed by atoms with Crippen molar-refractivity contribution in [3.63, 3.8) is 0 Å². The van der Waals surface area contributed by atoms with E-state index < -0.39 is 27.6 Å². The number of nitrogens with zero attached hydrogens (tertiary/aromatic N) is 4.